The van der Waals surface area contributed by atoms with Crippen LogP contribution in [0.2, 0.25) is 0 Å². The summed E-state index contributed by atoms with van der Waals surface area (Å²) in [7, 11) is 1.88. The molecule has 8 heteroatoms. The van der Waals surface area contributed by atoms with Crippen LogP contribution in [0.1, 0.15) is 18.5 Å². The van der Waals surface area contributed by atoms with Gasteiger partial charge in [0.2, 0.25) is 5.91 Å². The number of carbonyl (C=O) groups excluding carboxylic acids is 2. The molecule has 0 unspecified atom stereocenters. The summed E-state index contributed by atoms with van der Waals surface area (Å²) in [6, 6.07) is -0.274. The molecule has 1 aliphatic heterocycles. The Hall–Kier alpha value is -1.54. The summed E-state index contributed by atoms with van der Waals surface area (Å²) >= 11 is 1.87. The van der Waals surface area contributed by atoms with E-state index in [2.05, 4.69) is 20.6 Å². The molecule has 1 atom stereocenters. The van der Waals surface area contributed by atoms with Crippen LogP contribution in [-0.4, -0.2) is 57.8 Å². The van der Waals surface area contributed by atoms with Crippen molar-refractivity contribution in [1.29, 1.82) is 0 Å². The highest BCUT2D eigenvalue weighted by Crippen LogP contribution is 2.28. The van der Waals surface area contributed by atoms with Crippen molar-refractivity contribution >= 4 is 23.7 Å². The molecule has 0 bridgehead atoms. The van der Waals surface area contributed by atoms with Crippen LogP contribution in [0.15, 0.2) is 12.4 Å². The Morgan fingerprint density at radius 3 is 3.00 bits per heavy atom. The number of amides is 3. The number of urea groups is 1. The van der Waals surface area contributed by atoms with Gasteiger partial charge in [-0.3, -0.25) is 19.7 Å². The minimum Gasteiger partial charge on any atom is -0.338 e. The average Bonchev–Trinajstić information content (AvgIpc) is 2.86. The minimum atomic E-state index is -0.438. The number of aryl methyl sites for hydroxylation is 1. The zero-order valence-electron chi connectivity index (χ0n) is 12.3. The van der Waals surface area contributed by atoms with Crippen molar-refractivity contribution in [2.45, 2.75) is 13.0 Å². The molecule has 0 aliphatic carbocycles. The predicted molar refractivity (Wildman–Crippen MR) is 82.1 cm³/mol. The van der Waals surface area contributed by atoms with Crippen LogP contribution >= 0.6 is 11.8 Å². The molecule has 1 fully saturated rings. The molecule has 1 aromatic rings. The second-order valence-electron chi connectivity index (χ2n) is 4.92. The first-order chi connectivity index (χ1) is 10.1. The summed E-state index contributed by atoms with van der Waals surface area (Å²) in [5.41, 5.74) is 1.11. The van der Waals surface area contributed by atoms with Gasteiger partial charge in [-0.2, -0.15) is 16.9 Å². The maximum atomic E-state index is 11.9. The Balaban J connectivity index is 1.96. The molecule has 0 spiro atoms. The molecule has 1 aromatic heterocycles. The largest absolute Gasteiger partial charge is 0.338 e. The van der Waals surface area contributed by atoms with E-state index < -0.39 is 6.03 Å². The number of rotatable bonds is 4. The average molecular weight is 311 g/mol. The first kappa shape index (κ1) is 15.8. The predicted octanol–water partition coefficient (Wildman–Crippen LogP) is 0.356. The van der Waals surface area contributed by atoms with Gasteiger partial charge in [-0.25, -0.2) is 4.79 Å². The number of imide groups is 1. The zero-order valence-corrected chi connectivity index (χ0v) is 13.2. The van der Waals surface area contributed by atoms with E-state index in [9.17, 15) is 9.59 Å². The fourth-order valence-corrected chi connectivity index (χ4v) is 3.46. The van der Waals surface area contributed by atoms with Crippen molar-refractivity contribution in [2.24, 2.45) is 7.05 Å². The van der Waals surface area contributed by atoms with E-state index in [0.29, 0.717) is 6.54 Å². The first-order valence-electron chi connectivity index (χ1n) is 6.98. The number of hydrogen-bond donors (Lipinski definition) is 2. The van der Waals surface area contributed by atoms with E-state index in [0.717, 1.165) is 23.6 Å². The summed E-state index contributed by atoms with van der Waals surface area (Å²) in [6.45, 7) is 3.35. The third-order valence-electron chi connectivity index (χ3n) is 3.29. The minimum absolute atomic E-state index is 0.164. The lowest BCUT2D eigenvalue weighted by Gasteiger charge is -2.34. The van der Waals surface area contributed by atoms with E-state index in [-0.39, 0.29) is 18.5 Å². The molecule has 7 nitrogen and oxygen atoms in total. The first-order valence-corrected chi connectivity index (χ1v) is 8.13. The number of thioether (sulfide) groups is 1. The molecule has 2 N–H and O–H groups in total. The van der Waals surface area contributed by atoms with Crippen LogP contribution in [0, 0.1) is 0 Å². The van der Waals surface area contributed by atoms with Gasteiger partial charge in [0.1, 0.15) is 0 Å². The zero-order chi connectivity index (χ0) is 15.2. The summed E-state index contributed by atoms with van der Waals surface area (Å²) in [5, 5.41) is 9.09. The molecular weight excluding hydrogens is 290 g/mol. The lowest BCUT2D eigenvalue weighted by atomic mass is 10.1. The fraction of sp³-hybridized carbons (Fsp3) is 0.615. The van der Waals surface area contributed by atoms with Crippen molar-refractivity contribution < 1.29 is 9.59 Å². The van der Waals surface area contributed by atoms with E-state index in [1.165, 1.54) is 0 Å². The van der Waals surface area contributed by atoms with Crippen LogP contribution in [0.4, 0.5) is 4.79 Å². The van der Waals surface area contributed by atoms with Crippen molar-refractivity contribution in [1.82, 2.24) is 25.3 Å². The van der Waals surface area contributed by atoms with Gasteiger partial charge in [0.15, 0.2) is 0 Å². The molecule has 0 aromatic carbocycles. The van der Waals surface area contributed by atoms with Crippen LogP contribution < -0.4 is 10.6 Å². The monoisotopic (exact) mass is 311 g/mol. The van der Waals surface area contributed by atoms with Crippen molar-refractivity contribution in [3.63, 3.8) is 0 Å². The molecule has 2 heterocycles. The molecular formula is C13H21N5O2S. The number of nitrogens with one attached hydrogen (secondary N) is 2. The fourth-order valence-electron chi connectivity index (χ4n) is 2.30. The van der Waals surface area contributed by atoms with E-state index >= 15 is 0 Å². The molecule has 116 valence electrons. The Bertz CT molecular complexity index is 505. The van der Waals surface area contributed by atoms with Gasteiger partial charge in [0, 0.05) is 49.4 Å². The third kappa shape index (κ3) is 4.47. The van der Waals surface area contributed by atoms with Crippen molar-refractivity contribution in [3.05, 3.63) is 18.0 Å². The van der Waals surface area contributed by atoms with Gasteiger partial charge in [-0.1, -0.05) is 0 Å². The number of aromatic nitrogens is 2. The Kier molecular flexibility index (Phi) is 5.63. The maximum absolute atomic E-state index is 11.9. The summed E-state index contributed by atoms with van der Waals surface area (Å²) in [5.74, 6) is 1.65. The number of hydrogen-bond acceptors (Lipinski definition) is 5. The number of carbonyl (C=O) groups is 2. The Morgan fingerprint density at radius 1 is 1.52 bits per heavy atom. The van der Waals surface area contributed by atoms with Crippen LogP contribution in [0.3, 0.4) is 0 Å². The number of nitrogens with zero attached hydrogens (tertiary/aromatic N) is 3. The van der Waals surface area contributed by atoms with Gasteiger partial charge < -0.3 is 5.32 Å². The molecule has 3 amide bonds. The van der Waals surface area contributed by atoms with E-state index in [4.69, 9.17) is 0 Å². The van der Waals surface area contributed by atoms with E-state index in [1.807, 2.05) is 38.1 Å². The molecule has 21 heavy (non-hydrogen) atoms. The molecule has 0 radical (unpaired) electrons. The van der Waals surface area contributed by atoms with Gasteiger partial charge in [-0.05, 0) is 6.92 Å². The molecule has 2 rings (SSSR count). The molecule has 1 saturated heterocycles. The highest BCUT2D eigenvalue weighted by molar-refractivity contribution is 7.99. The van der Waals surface area contributed by atoms with Gasteiger partial charge in [-0.15, -0.1) is 0 Å². The standard InChI is InChI=1S/C13H21N5O2S/c1-3-14-13(20)16-12(19)8-18-4-5-21-9-11(18)10-6-15-17(2)7-10/h6-7,11H,3-5,8-9H2,1-2H3,(H2,14,16,19,20)/t11-/m0/s1. The highest BCUT2D eigenvalue weighted by Gasteiger charge is 2.27. The molecule has 1 aliphatic rings. The molecule has 0 saturated carbocycles. The third-order valence-corrected chi connectivity index (χ3v) is 4.31. The Morgan fingerprint density at radius 2 is 2.33 bits per heavy atom. The van der Waals surface area contributed by atoms with Crippen LogP contribution in [0.25, 0.3) is 0 Å². The normalized spacial score (nSPS) is 19.2. The van der Waals surface area contributed by atoms with Crippen LogP contribution in [-0.2, 0) is 11.8 Å². The van der Waals surface area contributed by atoms with Crippen molar-refractivity contribution in [3.8, 4) is 0 Å². The second-order valence-corrected chi connectivity index (χ2v) is 6.07. The lowest BCUT2D eigenvalue weighted by molar-refractivity contribution is -0.121. The SMILES string of the molecule is CCNC(=O)NC(=O)CN1CCSC[C@H]1c1cnn(C)c1. The topological polar surface area (TPSA) is 79.3 Å². The van der Waals surface area contributed by atoms with E-state index in [1.54, 1.807) is 4.68 Å². The van der Waals surface area contributed by atoms with Gasteiger partial charge >= 0.3 is 6.03 Å². The Labute approximate surface area is 128 Å². The summed E-state index contributed by atoms with van der Waals surface area (Å²) in [6.07, 6.45) is 3.82. The summed E-state index contributed by atoms with van der Waals surface area (Å²) < 4.78 is 1.77. The maximum Gasteiger partial charge on any atom is 0.321 e. The highest BCUT2D eigenvalue weighted by atomic mass is 32.2. The quantitative estimate of drug-likeness (QED) is 0.839. The smallest absolute Gasteiger partial charge is 0.321 e. The van der Waals surface area contributed by atoms with Gasteiger partial charge in [0.05, 0.1) is 12.7 Å². The summed E-state index contributed by atoms with van der Waals surface area (Å²) in [4.78, 5) is 25.4. The van der Waals surface area contributed by atoms with Gasteiger partial charge in [0.25, 0.3) is 0 Å². The lowest BCUT2D eigenvalue weighted by Crippen LogP contribution is -2.47. The van der Waals surface area contributed by atoms with Crippen LogP contribution in [0.5, 0.6) is 0 Å². The van der Waals surface area contributed by atoms with Crippen molar-refractivity contribution in [2.75, 3.05) is 31.1 Å². The second kappa shape index (κ2) is 7.46.